The van der Waals surface area contributed by atoms with Gasteiger partial charge >= 0.3 is 17.9 Å². The van der Waals surface area contributed by atoms with Crippen LogP contribution in [0.1, 0.15) is 64.8 Å². The van der Waals surface area contributed by atoms with Gasteiger partial charge in [0.15, 0.2) is 0 Å². The molecule has 57 heavy (non-hydrogen) atoms. The number of nitrogens with one attached hydrogen (secondary N) is 2. The molecule has 298 valence electrons. The van der Waals surface area contributed by atoms with Crippen LogP contribution in [-0.4, -0.2) is 56.4 Å². The van der Waals surface area contributed by atoms with Crippen LogP contribution in [0.5, 0.6) is 0 Å². The van der Waals surface area contributed by atoms with E-state index in [1.807, 2.05) is 6.07 Å². The van der Waals surface area contributed by atoms with Crippen LogP contribution in [0.25, 0.3) is 22.8 Å². The Hall–Kier alpha value is -5.99. The largest absolute Gasteiger partial charge is 0.416 e. The van der Waals surface area contributed by atoms with Gasteiger partial charge in [0.05, 0.1) is 57.5 Å². The van der Waals surface area contributed by atoms with Crippen LogP contribution in [-0.2, 0) is 27.5 Å². The second kappa shape index (κ2) is 15.9. The molecule has 6 rings (SSSR count). The average molecular weight is 804 g/mol. The van der Waals surface area contributed by atoms with E-state index in [0.29, 0.717) is 65.9 Å². The molecule has 2 aromatic heterocycles. The summed E-state index contributed by atoms with van der Waals surface area (Å²) in [6.45, 7) is 6.99. The molecule has 1 fully saturated rings. The van der Waals surface area contributed by atoms with Crippen molar-refractivity contribution in [3.63, 3.8) is 0 Å². The molecule has 0 aliphatic heterocycles. The lowest BCUT2D eigenvalue weighted by atomic mass is 9.86. The van der Waals surface area contributed by atoms with E-state index in [1.54, 1.807) is 51.1 Å². The van der Waals surface area contributed by atoms with Gasteiger partial charge in [-0.1, -0.05) is 6.07 Å². The summed E-state index contributed by atoms with van der Waals surface area (Å²) >= 11 is 0. The molecule has 13 nitrogen and oxygen atoms in total. The molecule has 1 aliphatic rings. The fraction of sp³-hybridized carbons (Fsp3) is 0.325. The number of halogens is 3. The Kier molecular flexibility index (Phi) is 11.3. The number of nitriles is 1. The minimum Gasteiger partial charge on any atom is -0.356 e. The third-order valence-corrected chi connectivity index (χ3v) is 11.7. The maximum atomic E-state index is 14.2. The lowest BCUT2D eigenvalue weighted by Crippen LogP contribution is -2.44. The highest BCUT2D eigenvalue weighted by Gasteiger charge is 2.33. The van der Waals surface area contributed by atoms with Gasteiger partial charge in [0.25, 0.3) is 10.1 Å². The molecular weight excluding hydrogens is 764 g/mol. The molecule has 2 amide bonds. The third-order valence-electron chi connectivity index (χ3n) is 10.7. The normalized spacial score (nSPS) is 15.9. The molecule has 1 saturated carbocycles. The Labute approximate surface area is 326 Å². The van der Waals surface area contributed by atoms with Crippen LogP contribution in [0, 0.1) is 44.9 Å². The molecular formula is C40H40F3N7O6S. The highest BCUT2D eigenvalue weighted by atomic mass is 32.2. The molecule has 3 N–H and O–H groups in total. The van der Waals surface area contributed by atoms with E-state index < -0.39 is 33.6 Å². The summed E-state index contributed by atoms with van der Waals surface area (Å²) in [6.07, 6.45) is -1.03. The molecule has 17 heteroatoms. The van der Waals surface area contributed by atoms with Crippen molar-refractivity contribution in [1.29, 1.82) is 5.26 Å². The maximum Gasteiger partial charge on any atom is 0.416 e. The number of nitrogens with zero attached hydrogens (tertiary/aromatic N) is 5. The first-order chi connectivity index (χ1) is 26.9. The van der Waals surface area contributed by atoms with E-state index >= 15 is 0 Å². The van der Waals surface area contributed by atoms with Crippen LogP contribution in [0.15, 0.2) is 76.6 Å². The van der Waals surface area contributed by atoms with Crippen molar-refractivity contribution in [3.05, 3.63) is 116 Å². The molecule has 5 aromatic rings. The van der Waals surface area contributed by atoms with Gasteiger partial charge in [-0.05, 0) is 136 Å². The maximum absolute atomic E-state index is 14.2. The van der Waals surface area contributed by atoms with Crippen molar-refractivity contribution in [3.8, 4) is 28.8 Å². The third kappa shape index (κ3) is 8.42. The number of amides is 2. The summed E-state index contributed by atoms with van der Waals surface area (Å²) in [5.41, 5.74) is 1.91. The number of rotatable bonds is 9. The summed E-state index contributed by atoms with van der Waals surface area (Å²) in [5.74, 6) is -0.244. The first-order valence-electron chi connectivity index (χ1n) is 18.1. The van der Waals surface area contributed by atoms with E-state index in [0.717, 1.165) is 26.8 Å². The van der Waals surface area contributed by atoms with Crippen LogP contribution in [0.4, 0.5) is 18.0 Å². The van der Waals surface area contributed by atoms with E-state index in [-0.39, 0.29) is 46.3 Å². The fourth-order valence-electron chi connectivity index (χ4n) is 7.36. The highest BCUT2D eigenvalue weighted by Crippen LogP contribution is 2.33. The lowest BCUT2D eigenvalue weighted by Gasteiger charge is -2.29. The Balaban J connectivity index is 1.21. The Morgan fingerprint density at radius 1 is 0.947 bits per heavy atom. The van der Waals surface area contributed by atoms with Gasteiger partial charge in [0.2, 0.25) is 5.91 Å². The van der Waals surface area contributed by atoms with E-state index in [1.165, 1.54) is 36.0 Å². The molecule has 0 atom stereocenters. The van der Waals surface area contributed by atoms with Gasteiger partial charge in [0, 0.05) is 12.6 Å². The van der Waals surface area contributed by atoms with Crippen LogP contribution >= 0.6 is 0 Å². The van der Waals surface area contributed by atoms with E-state index in [4.69, 9.17) is 0 Å². The zero-order valence-electron chi connectivity index (χ0n) is 31.5. The van der Waals surface area contributed by atoms with Crippen molar-refractivity contribution in [2.45, 2.75) is 76.9 Å². The Morgan fingerprint density at radius 3 is 2.26 bits per heavy atom. The molecule has 2 heterocycles. The van der Waals surface area contributed by atoms with Gasteiger partial charge in [-0.3, -0.25) is 13.9 Å². The first kappa shape index (κ1) is 40.7. The quantitative estimate of drug-likeness (QED) is 0.144. The summed E-state index contributed by atoms with van der Waals surface area (Å²) in [6, 6.07) is 14.5. The van der Waals surface area contributed by atoms with Crippen LogP contribution in [0.2, 0.25) is 0 Å². The molecule has 3 aromatic carbocycles. The minimum atomic E-state index is -4.68. The molecule has 0 unspecified atom stereocenters. The molecule has 0 saturated heterocycles. The SMILES string of the molecule is Cc1c(CC(=O)NCC2CCC(NC(=O)n3c(-c4ccnn4-c4ccc(C#N)cc4)c(C)n(-c4cccc(C(F)(F)F)c4)c3=O)CC2)cc(S(=O)(=O)O)c(C)c1C. The lowest BCUT2D eigenvalue weighted by molar-refractivity contribution is -0.137. The van der Waals surface area contributed by atoms with Gasteiger partial charge in [-0.15, -0.1) is 0 Å². The van der Waals surface area contributed by atoms with E-state index in [2.05, 4.69) is 15.7 Å². The zero-order valence-corrected chi connectivity index (χ0v) is 32.3. The van der Waals surface area contributed by atoms with Crippen molar-refractivity contribution >= 4 is 22.1 Å². The minimum absolute atomic E-state index is 0.0700. The van der Waals surface area contributed by atoms with E-state index in [9.17, 15) is 45.8 Å². The van der Waals surface area contributed by atoms with Gasteiger partial charge in [-0.2, -0.15) is 31.9 Å². The Morgan fingerprint density at radius 2 is 1.63 bits per heavy atom. The second-order valence-corrected chi connectivity index (χ2v) is 15.6. The number of carbonyl (C=O) groups excluding carboxylic acids is 2. The van der Waals surface area contributed by atoms with Crippen molar-refractivity contribution < 1.29 is 35.7 Å². The van der Waals surface area contributed by atoms with Crippen LogP contribution < -0.4 is 16.3 Å². The Bertz CT molecular complexity index is 2580. The summed E-state index contributed by atoms with van der Waals surface area (Å²) < 4.78 is 78.1. The first-order valence-corrected chi connectivity index (χ1v) is 19.5. The molecule has 1 aliphatic carbocycles. The van der Waals surface area contributed by atoms with Gasteiger partial charge in [-0.25, -0.2) is 18.8 Å². The predicted octanol–water partition coefficient (Wildman–Crippen LogP) is 6.34. The predicted molar refractivity (Wildman–Crippen MR) is 204 cm³/mol. The topological polar surface area (TPSA) is 181 Å². The number of hydrogen-bond donors (Lipinski definition) is 3. The summed E-state index contributed by atoms with van der Waals surface area (Å²) in [5, 5.41) is 19.5. The number of carbonyl (C=O) groups is 2. The fourth-order valence-corrected chi connectivity index (χ4v) is 8.19. The molecule has 0 spiro atoms. The summed E-state index contributed by atoms with van der Waals surface area (Å²) in [7, 11) is -4.48. The number of aromatic nitrogens is 4. The number of benzene rings is 3. The standard InChI is InChI=1S/C40H40F3N7O6S/c1-23-24(2)29(18-35(25(23)3)57(54,55)56)19-36(51)45-22-28-8-12-31(13-9-28)47-38(52)49-37(34-16-17-46-50(34)32-14-10-27(21-44)11-15-32)26(4)48(39(49)53)33-7-5-6-30(20-33)40(41,42)43/h5-7,10-11,14-18,20,28,31H,8-9,12-13,19,22H2,1-4H3,(H,45,51)(H,47,52)(H,54,55,56). The van der Waals surface area contributed by atoms with Crippen molar-refractivity contribution in [2.24, 2.45) is 5.92 Å². The smallest absolute Gasteiger partial charge is 0.356 e. The van der Waals surface area contributed by atoms with Gasteiger partial charge < -0.3 is 10.6 Å². The van der Waals surface area contributed by atoms with Crippen molar-refractivity contribution in [2.75, 3.05) is 6.54 Å². The number of alkyl halides is 3. The van der Waals surface area contributed by atoms with Gasteiger partial charge in [0.1, 0.15) is 5.69 Å². The summed E-state index contributed by atoms with van der Waals surface area (Å²) in [4.78, 5) is 41.0. The number of hydrogen-bond acceptors (Lipinski definition) is 7. The average Bonchev–Trinajstić information content (AvgIpc) is 3.75. The number of imidazole rings is 1. The van der Waals surface area contributed by atoms with Crippen molar-refractivity contribution in [1.82, 2.24) is 29.5 Å². The van der Waals surface area contributed by atoms with Crippen LogP contribution in [0.3, 0.4) is 0 Å². The second-order valence-electron chi connectivity index (χ2n) is 14.3. The zero-order chi connectivity index (χ0) is 41.4. The monoisotopic (exact) mass is 803 g/mol. The molecule has 0 bridgehead atoms. The highest BCUT2D eigenvalue weighted by molar-refractivity contribution is 7.85. The molecule has 0 radical (unpaired) electrons.